The standard InChI is InChI=1S/C22H26FN5O/c1-12-7-16(23)8-13(2)19(12)10-24-20-9-18(27-22(29)26-17-5-6-17)11-28-15(4)14(3)25-21(20)28/h7-9,11,17,24H,5-6,10H2,1-4H3,(H2,26,27,29). The smallest absolute Gasteiger partial charge is 0.319 e. The number of imidazole rings is 1. The molecule has 1 aliphatic rings. The second kappa shape index (κ2) is 7.39. The number of carbonyl (C=O) groups excluding carboxylic acids is 1. The molecule has 4 rings (SSSR count). The van der Waals surface area contributed by atoms with Crippen molar-refractivity contribution in [3.05, 3.63) is 58.3 Å². The van der Waals surface area contributed by atoms with Crippen molar-refractivity contribution < 1.29 is 9.18 Å². The first-order chi connectivity index (χ1) is 13.8. The lowest BCUT2D eigenvalue weighted by Crippen LogP contribution is -2.30. The molecule has 0 aliphatic heterocycles. The van der Waals surface area contributed by atoms with Crippen molar-refractivity contribution in [1.29, 1.82) is 0 Å². The minimum atomic E-state index is -0.224. The van der Waals surface area contributed by atoms with Gasteiger partial charge in [0.25, 0.3) is 0 Å². The van der Waals surface area contributed by atoms with E-state index in [1.165, 1.54) is 0 Å². The molecule has 1 aliphatic carbocycles. The molecule has 2 aromatic heterocycles. The van der Waals surface area contributed by atoms with Crippen LogP contribution in [0.3, 0.4) is 0 Å². The Morgan fingerprint density at radius 3 is 2.52 bits per heavy atom. The number of rotatable bonds is 5. The summed E-state index contributed by atoms with van der Waals surface area (Å²) >= 11 is 0. The third kappa shape index (κ3) is 4.04. The fraction of sp³-hybridized carbons (Fsp3) is 0.364. The van der Waals surface area contributed by atoms with E-state index in [1.807, 2.05) is 44.4 Å². The SMILES string of the molecule is Cc1cc(F)cc(C)c1CNc1cc(NC(=O)NC2CC2)cn2c(C)c(C)nc12. The van der Waals surface area contributed by atoms with E-state index >= 15 is 0 Å². The molecule has 1 fully saturated rings. The van der Waals surface area contributed by atoms with E-state index in [-0.39, 0.29) is 17.9 Å². The molecule has 2 amide bonds. The fourth-order valence-corrected chi connectivity index (χ4v) is 3.55. The quantitative estimate of drug-likeness (QED) is 0.591. The first-order valence-electron chi connectivity index (χ1n) is 9.88. The topological polar surface area (TPSA) is 70.5 Å². The van der Waals surface area contributed by atoms with Gasteiger partial charge in [-0.1, -0.05) is 0 Å². The van der Waals surface area contributed by atoms with Crippen molar-refractivity contribution in [2.45, 2.75) is 53.1 Å². The average molecular weight is 395 g/mol. The lowest BCUT2D eigenvalue weighted by molar-refractivity contribution is 0.251. The van der Waals surface area contributed by atoms with Gasteiger partial charge in [-0.3, -0.25) is 0 Å². The number of halogens is 1. The van der Waals surface area contributed by atoms with E-state index in [2.05, 4.69) is 20.9 Å². The summed E-state index contributed by atoms with van der Waals surface area (Å²) in [5.41, 5.74) is 7.10. The zero-order valence-electron chi connectivity index (χ0n) is 17.2. The van der Waals surface area contributed by atoms with Gasteiger partial charge >= 0.3 is 6.03 Å². The Labute approximate surface area is 169 Å². The zero-order valence-corrected chi connectivity index (χ0v) is 17.2. The minimum Gasteiger partial charge on any atom is -0.378 e. The maximum absolute atomic E-state index is 13.6. The van der Waals surface area contributed by atoms with E-state index < -0.39 is 0 Å². The van der Waals surface area contributed by atoms with Gasteiger partial charge < -0.3 is 20.4 Å². The Hall–Kier alpha value is -3.09. The molecule has 1 aromatic carbocycles. The number of hydrogen-bond donors (Lipinski definition) is 3. The van der Waals surface area contributed by atoms with Gasteiger partial charge in [0.2, 0.25) is 0 Å². The van der Waals surface area contributed by atoms with Crippen LogP contribution in [0.15, 0.2) is 24.4 Å². The van der Waals surface area contributed by atoms with Crippen LogP contribution in [0.5, 0.6) is 0 Å². The second-order valence-electron chi connectivity index (χ2n) is 7.86. The number of anilines is 2. The lowest BCUT2D eigenvalue weighted by atomic mass is 10.0. The first kappa shape index (κ1) is 19.2. The summed E-state index contributed by atoms with van der Waals surface area (Å²) in [6.45, 7) is 8.32. The Balaban J connectivity index is 1.65. The van der Waals surface area contributed by atoms with Gasteiger partial charge in [-0.2, -0.15) is 0 Å². The maximum atomic E-state index is 13.6. The van der Waals surface area contributed by atoms with Crippen LogP contribution in [0.2, 0.25) is 0 Å². The number of amides is 2. The second-order valence-corrected chi connectivity index (χ2v) is 7.86. The number of aryl methyl sites for hydroxylation is 4. The molecule has 1 saturated carbocycles. The van der Waals surface area contributed by atoms with Crippen LogP contribution in [0, 0.1) is 33.5 Å². The number of hydrogen-bond acceptors (Lipinski definition) is 3. The molecule has 3 N–H and O–H groups in total. The number of aromatic nitrogens is 2. The third-order valence-electron chi connectivity index (χ3n) is 5.48. The van der Waals surface area contributed by atoms with Crippen LogP contribution in [0.25, 0.3) is 5.65 Å². The summed E-state index contributed by atoms with van der Waals surface area (Å²) in [6, 6.07) is 5.07. The molecule has 0 unspecified atom stereocenters. The number of urea groups is 1. The molecule has 0 radical (unpaired) electrons. The van der Waals surface area contributed by atoms with Crippen LogP contribution < -0.4 is 16.0 Å². The highest BCUT2D eigenvalue weighted by Gasteiger charge is 2.23. The van der Waals surface area contributed by atoms with Crippen molar-refractivity contribution in [2.75, 3.05) is 10.6 Å². The van der Waals surface area contributed by atoms with Crippen LogP contribution in [-0.2, 0) is 6.54 Å². The number of fused-ring (bicyclic) bond motifs is 1. The fourth-order valence-electron chi connectivity index (χ4n) is 3.55. The van der Waals surface area contributed by atoms with Gasteiger partial charge in [-0.05, 0) is 75.4 Å². The van der Waals surface area contributed by atoms with Gasteiger partial charge in [-0.25, -0.2) is 14.2 Å². The van der Waals surface area contributed by atoms with Crippen LogP contribution in [0.1, 0.15) is 40.9 Å². The third-order valence-corrected chi connectivity index (χ3v) is 5.48. The minimum absolute atomic E-state index is 0.197. The molecule has 0 spiro atoms. The Kier molecular flexibility index (Phi) is 4.90. The molecule has 3 aromatic rings. The number of pyridine rings is 1. The molecule has 152 valence electrons. The molecule has 6 nitrogen and oxygen atoms in total. The molecular weight excluding hydrogens is 369 g/mol. The van der Waals surface area contributed by atoms with E-state index in [9.17, 15) is 9.18 Å². The first-order valence-corrected chi connectivity index (χ1v) is 9.88. The molecular formula is C22H26FN5O. The van der Waals surface area contributed by atoms with Gasteiger partial charge in [0.15, 0.2) is 5.65 Å². The van der Waals surface area contributed by atoms with Gasteiger partial charge in [0.1, 0.15) is 5.82 Å². The summed E-state index contributed by atoms with van der Waals surface area (Å²) < 4.78 is 15.6. The molecule has 7 heteroatoms. The summed E-state index contributed by atoms with van der Waals surface area (Å²) in [7, 11) is 0. The van der Waals surface area contributed by atoms with Gasteiger partial charge in [-0.15, -0.1) is 0 Å². The van der Waals surface area contributed by atoms with Crippen molar-refractivity contribution in [2.24, 2.45) is 0 Å². The van der Waals surface area contributed by atoms with Crippen molar-refractivity contribution in [3.63, 3.8) is 0 Å². The Morgan fingerprint density at radius 2 is 1.86 bits per heavy atom. The highest BCUT2D eigenvalue weighted by Crippen LogP contribution is 2.26. The molecule has 0 bridgehead atoms. The molecule has 0 atom stereocenters. The summed E-state index contributed by atoms with van der Waals surface area (Å²) in [5, 5.41) is 9.29. The van der Waals surface area contributed by atoms with E-state index in [0.29, 0.717) is 12.2 Å². The highest BCUT2D eigenvalue weighted by atomic mass is 19.1. The maximum Gasteiger partial charge on any atom is 0.319 e. The van der Waals surface area contributed by atoms with Crippen molar-refractivity contribution >= 4 is 23.1 Å². The predicted octanol–water partition coefficient (Wildman–Crippen LogP) is 4.60. The van der Waals surface area contributed by atoms with E-state index in [4.69, 9.17) is 0 Å². The van der Waals surface area contributed by atoms with Crippen LogP contribution in [0.4, 0.5) is 20.6 Å². The monoisotopic (exact) mass is 395 g/mol. The van der Waals surface area contributed by atoms with E-state index in [0.717, 1.165) is 52.3 Å². The number of nitrogens with one attached hydrogen (secondary N) is 3. The van der Waals surface area contributed by atoms with Crippen molar-refractivity contribution in [1.82, 2.24) is 14.7 Å². The normalized spacial score (nSPS) is 13.6. The summed E-state index contributed by atoms with van der Waals surface area (Å²) in [4.78, 5) is 16.9. The number of carbonyl (C=O) groups is 1. The summed E-state index contributed by atoms with van der Waals surface area (Å²) in [6.07, 6.45) is 3.96. The molecule has 2 heterocycles. The Morgan fingerprint density at radius 1 is 1.17 bits per heavy atom. The Bertz CT molecular complexity index is 1080. The summed E-state index contributed by atoms with van der Waals surface area (Å²) in [5.74, 6) is -0.224. The largest absolute Gasteiger partial charge is 0.378 e. The predicted molar refractivity (Wildman–Crippen MR) is 113 cm³/mol. The number of nitrogens with zero attached hydrogens (tertiary/aromatic N) is 2. The number of benzene rings is 1. The van der Waals surface area contributed by atoms with Crippen LogP contribution >= 0.6 is 0 Å². The van der Waals surface area contributed by atoms with Crippen LogP contribution in [-0.4, -0.2) is 21.5 Å². The molecule has 29 heavy (non-hydrogen) atoms. The highest BCUT2D eigenvalue weighted by molar-refractivity contribution is 5.91. The lowest BCUT2D eigenvalue weighted by Gasteiger charge is -2.15. The average Bonchev–Trinajstić information content (AvgIpc) is 3.40. The van der Waals surface area contributed by atoms with E-state index in [1.54, 1.807) is 12.1 Å². The van der Waals surface area contributed by atoms with Gasteiger partial charge in [0.05, 0.1) is 17.1 Å². The molecule has 0 saturated heterocycles. The van der Waals surface area contributed by atoms with Gasteiger partial charge in [0, 0.05) is 24.5 Å². The zero-order chi connectivity index (χ0) is 20.7. The van der Waals surface area contributed by atoms with Crippen molar-refractivity contribution in [3.8, 4) is 0 Å².